The Morgan fingerprint density at radius 1 is 1.57 bits per heavy atom. The standard InChI is InChI=1S/C11H19N3/c1-8-5-4-6-14-10(7-12-3)13-9(2)11(8)14/h8,12H,4-7H2,1-3H3. The fraction of sp³-hybridized carbons (Fsp3) is 0.727. The maximum Gasteiger partial charge on any atom is 0.123 e. The van der Waals surface area contributed by atoms with Gasteiger partial charge in [0, 0.05) is 12.2 Å². The fourth-order valence-corrected chi connectivity index (χ4v) is 2.50. The van der Waals surface area contributed by atoms with Gasteiger partial charge in [-0.25, -0.2) is 4.98 Å². The summed E-state index contributed by atoms with van der Waals surface area (Å²) in [6.45, 7) is 6.47. The summed E-state index contributed by atoms with van der Waals surface area (Å²) in [5.74, 6) is 1.88. The first-order valence-corrected chi connectivity index (χ1v) is 5.44. The second kappa shape index (κ2) is 3.73. The zero-order chi connectivity index (χ0) is 10.1. The Morgan fingerprint density at radius 2 is 2.36 bits per heavy atom. The van der Waals surface area contributed by atoms with Crippen LogP contribution in [-0.4, -0.2) is 16.6 Å². The molecule has 3 nitrogen and oxygen atoms in total. The third-order valence-electron chi connectivity index (χ3n) is 3.09. The van der Waals surface area contributed by atoms with Gasteiger partial charge in [-0.3, -0.25) is 0 Å². The number of rotatable bonds is 2. The quantitative estimate of drug-likeness (QED) is 0.776. The third-order valence-corrected chi connectivity index (χ3v) is 3.09. The van der Waals surface area contributed by atoms with E-state index in [-0.39, 0.29) is 0 Å². The zero-order valence-corrected chi connectivity index (χ0v) is 9.30. The second-order valence-corrected chi connectivity index (χ2v) is 4.22. The summed E-state index contributed by atoms with van der Waals surface area (Å²) in [7, 11) is 1.98. The molecule has 0 saturated carbocycles. The van der Waals surface area contributed by atoms with Gasteiger partial charge < -0.3 is 9.88 Å². The van der Waals surface area contributed by atoms with Gasteiger partial charge in [-0.1, -0.05) is 6.92 Å². The highest BCUT2D eigenvalue weighted by Gasteiger charge is 2.22. The molecule has 0 aliphatic carbocycles. The van der Waals surface area contributed by atoms with Crippen LogP contribution in [0.2, 0.25) is 0 Å². The summed E-state index contributed by atoms with van der Waals surface area (Å²) in [6.07, 6.45) is 2.60. The number of nitrogens with zero attached hydrogens (tertiary/aromatic N) is 2. The Kier molecular flexibility index (Phi) is 2.59. The summed E-state index contributed by atoms with van der Waals surface area (Å²) in [5.41, 5.74) is 2.68. The summed E-state index contributed by atoms with van der Waals surface area (Å²) >= 11 is 0. The molecular formula is C11H19N3. The molecule has 1 unspecified atom stereocenters. The molecule has 1 aliphatic rings. The first-order valence-electron chi connectivity index (χ1n) is 5.44. The molecule has 1 aromatic heterocycles. The van der Waals surface area contributed by atoms with Crippen LogP contribution in [0, 0.1) is 6.92 Å². The highest BCUT2D eigenvalue weighted by Crippen LogP contribution is 2.30. The Bertz CT molecular complexity index is 328. The van der Waals surface area contributed by atoms with Crippen LogP contribution in [0.3, 0.4) is 0 Å². The number of fused-ring (bicyclic) bond motifs is 1. The van der Waals surface area contributed by atoms with Crippen molar-refractivity contribution in [2.24, 2.45) is 0 Å². The zero-order valence-electron chi connectivity index (χ0n) is 9.30. The van der Waals surface area contributed by atoms with E-state index in [1.165, 1.54) is 30.1 Å². The van der Waals surface area contributed by atoms with Crippen LogP contribution in [0.4, 0.5) is 0 Å². The minimum absolute atomic E-state index is 0.682. The van der Waals surface area contributed by atoms with E-state index in [2.05, 4.69) is 28.7 Å². The van der Waals surface area contributed by atoms with Crippen molar-refractivity contribution in [3.63, 3.8) is 0 Å². The van der Waals surface area contributed by atoms with Crippen molar-refractivity contribution >= 4 is 0 Å². The van der Waals surface area contributed by atoms with Crippen molar-refractivity contribution in [2.45, 2.75) is 45.7 Å². The van der Waals surface area contributed by atoms with Gasteiger partial charge in [0.2, 0.25) is 0 Å². The van der Waals surface area contributed by atoms with Crippen LogP contribution in [-0.2, 0) is 13.1 Å². The molecule has 0 saturated heterocycles. The van der Waals surface area contributed by atoms with Crippen LogP contribution in [0.5, 0.6) is 0 Å². The number of aromatic nitrogens is 2. The van der Waals surface area contributed by atoms with Crippen LogP contribution < -0.4 is 5.32 Å². The smallest absolute Gasteiger partial charge is 0.123 e. The minimum atomic E-state index is 0.682. The molecule has 14 heavy (non-hydrogen) atoms. The molecule has 78 valence electrons. The van der Waals surface area contributed by atoms with Crippen LogP contribution in [0.15, 0.2) is 0 Å². The number of imidazole rings is 1. The number of aryl methyl sites for hydroxylation is 1. The van der Waals surface area contributed by atoms with Crippen molar-refractivity contribution in [1.29, 1.82) is 0 Å². The average Bonchev–Trinajstić information content (AvgIpc) is 2.46. The van der Waals surface area contributed by atoms with E-state index in [4.69, 9.17) is 0 Å². The van der Waals surface area contributed by atoms with Crippen molar-refractivity contribution in [3.8, 4) is 0 Å². The fourth-order valence-electron chi connectivity index (χ4n) is 2.50. The Morgan fingerprint density at radius 3 is 3.07 bits per heavy atom. The molecule has 0 spiro atoms. The van der Waals surface area contributed by atoms with Crippen molar-refractivity contribution in [3.05, 3.63) is 17.2 Å². The van der Waals surface area contributed by atoms with E-state index in [1.807, 2.05) is 7.05 Å². The van der Waals surface area contributed by atoms with E-state index in [1.54, 1.807) is 0 Å². The van der Waals surface area contributed by atoms with Crippen LogP contribution in [0.25, 0.3) is 0 Å². The van der Waals surface area contributed by atoms with Gasteiger partial charge in [0.05, 0.1) is 12.2 Å². The predicted molar refractivity (Wildman–Crippen MR) is 57.4 cm³/mol. The molecule has 1 aliphatic heterocycles. The molecule has 0 bridgehead atoms. The third kappa shape index (κ3) is 1.46. The van der Waals surface area contributed by atoms with Crippen LogP contribution in [0.1, 0.15) is 42.9 Å². The topological polar surface area (TPSA) is 29.9 Å². The van der Waals surface area contributed by atoms with E-state index in [0.29, 0.717) is 5.92 Å². The molecule has 0 amide bonds. The number of hydrogen-bond acceptors (Lipinski definition) is 2. The average molecular weight is 193 g/mol. The molecule has 1 atom stereocenters. The lowest BCUT2D eigenvalue weighted by Crippen LogP contribution is -2.18. The molecule has 2 rings (SSSR count). The maximum absolute atomic E-state index is 4.63. The maximum atomic E-state index is 4.63. The highest BCUT2D eigenvalue weighted by atomic mass is 15.1. The Balaban J connectivity index is 2.41. The molecular weight excluding hydrogens is 174 g/mol. The van der Waals surface area contributed by atoms with Gasteiger partial charge in [0.1, 0.15) is 5.82 Å². The Labute approximate surface area is 85.5 Å². The van der Waals surface area contributed by atoms with Gasteiger partial charge in [-0.2, -0.15) is 0 Å². The normalized spacial score (nSPS) is 20.9. The first kappa shape index (κ1) is 9.71. The lowest BCUT2D eigenvalue weighted by molar-refractivity contribution is 0.458. The van der Waals surface area contributed by atoms with E-state index < -0.39 is 0 Å². The van der Waals surface area contributed by atoms with Crippen molar-refractivity contribution < 1.29 is 0 Å². The van der Waals surface area contributed by atoms with Crippen molar-refractivity contribution in [2.75, 3.05) is 7.05 Å². The number of nitrogens with one attached hydrogen (secondary N) is 1. The molecule has 1 N–H and O–H groups in total. The van der Waals surface area contributed by atoms with Gasteiger partial charge >= 0.3 is 0 Å². The minimum Gasteiger partial charge on any atom is -0.330 e. The summed E-state index contributed by atoms with van der Waals surface area (Å²) in [4.78, 5) is 4.63. The van der Waals surface area contributed by atoms with Gasteiger partial charge in [-0.05, 0) is 32.7 Å². The van der Waals surface area contributed by atoms with Gasteiger partial charge in [0.25, 0.3) is 0 Å². The monoisotopic (exact) mass is 193 g/mol. The Hall–Kier alpha value is -0.830. The molecule has 0 aromatic carbocycles. The molecule has 1 aromatic rings. The van der Waals surface area contributed by atoms with Crippen molar-refractivity contribution in [1.82, 2.24) is 14.9 Å². The number of hydrogen-bond donors (Lipinski definition) is 1. The largest absolute Gasteiger partial charge is 0.330 e. The van der Waals surface area contributed by atoms with E-state index in [0.717, 1.165) is 13.1 Å². The molecule has 0 fully saturated rings. The van der Waals surface area contributed by atoms with Crippen LogP contribution >= 0.6 is 0 Å². The van der Waals surface area contributed by atoms with E-state index >= 15 is 0 Å². The summed E-state index contributed by atoms with van der Waals surface area (Å²) in [5, 5.41) is 3.18. The van der Waals surface area contributed by atoms with Gasteiger partial charge in [0.15, 0.2) is 0 Å². The molecule has 0 radical (unpaired) electrons. The SMILES string of the molecule is CNCc1nc(C)c2n1CCCC2C. The first-order chi connectivity index (χ1) is 6.74. The van der Waals surface area contributed by atoms with E-state index in [9.17, 15) is 0 Å². The summed E-state index contributed by atoms with van der Waals surface area (Å²) < 4.78 is 2.40. The second-order valence-electron chi connectivity index (χ2n) is 4.22. The summed E-state index contributed by atoms with van der Waals surface area (Å²) in [6, 6.07) is 0. The lowest BCUT2D eigenvalue weighted by atomic mass is 9.97. The van der Waals surface area contributed by atoms with Gasteiger partial charge in [-0.15, -0.1) is 0 Å². The highest BCUT2D eigenvalue weighted by molar-refractivity contribution is 5.21. The molecule has 3 heteroatoms. The lowest BCUT2D eigenvalue weighted by Gasteiger charge is -2.22. The molecule has 2 heterocycles. The predicted octanol–water partition coefficient (Wildman–Crippen LogP) is 1.81.